The molecule has 13 heteroatoms. The summed E-state index contributed by atoms with van der Waals surface area (Å²) in [6.07, 6.45) is 4.37. The summed E-state index contributed by atoms with van der Waals surface area (Å²) in [5, 5.41) is 2.80. The van der Waals surface area contributed by atoms with Crippen LogP contribution < -0.4 is 25.3 Å². The van der Waals surface area contributed by atoms with Gasteiger partial charge >= 0.3 is 0 Å². The van der Waals surface area contributed by atoms with Gasteiger partial charge in [-0.3, -0.25) is 14.8 Å². The summed E-state index contributed by atoms with van der Waals surface area (Å²) < 4.78 is 45.7. The Bertz CT molecular complexity index is 1990. The van der Waals surface area contributed by atoms with Gasteiger partial charge in [0.15, 0.2) is 17.3 Å². The number of carbonyl (C=O) groups excluding carboxylic acids is 1. The summed E-state index contributed by atoms with van der Waals surface area (Å²) in [6.45, 7) is 5.91. The Morgan fingerprint density at radius 1 is 1.08 bits per heavy atom. The zero-order valence-corrected chi connectivity index (χ0v) is 27.6. The molecule has 3 heterocycles. The van der Waals surface area contributed by atoms with Gasteiger partial charge in [0.05, 0.1) is 50.0 Å². The lowest BCUT2D eigenvalue weighted by atomic mass is 10.1. The first-order valence-corrected chi connectivity index (χ1v) is 15.1. The van der Waals surface area contributed by atoms with Crippen molar-refractivity contribution < 1.29 is 32.5 Å². The third-order valence-electron chi connectivity index (χ3n) is 7.43. The molecule has 2 aromatic carbocycles. The van der Waals surface area contributed by atoms with Crippen molar-refractivity contribution in [2.45, 2.75) is 33.9 Å². The number of nitrogens with one attached hydrogen (secondary N) is 1. The van der Waals surface area contributed by atoms with Crippen LogP contribution in [-0.2, 0) is 17.9 Å². The predicted molar refractivity (Wildman–Crippen MR) is 178 cm³/mol. The number of carbonyl (C=O) groups is 1. The molecule has 0 unspecified atom stereocenters. The first-order chi connectivity index (χ1) is 23.2. The van der Waals surface area contributed by atoms with Gasteiger partial charge in [0.1, 0.15) is 41.5 Å². The fourth-order valence-corrected chi connectivity index (χ4v) is 5.07. The van der Waals surface area contributed by atoms with Gasteiger partial charge in [0.2, 0.25) is 5.89 Å². The van der Waals surface area contributed by atoms with Gasteiger partial charge in [-0.15, -0.1) is 0 Å². The van der Waals surface area contributed by atoms with E-state index in [1.54, 1.807) is 52.5 Å². The highest BCUT2D eigenvalue weighted by Crippen LogP contribution is 2.33. The molecule has 3 aromatic heterocycles. The second kappa shape index (κ2) is 14.7. The molecule has 5 rings (SSSR count). The van der Waals surface area contributed by atoms with Gasteiger partial charge in [-0.2, -0.15) is 0 Å². The van der Waals surface area contributed by atoms with Gasteiger partial charge in [-0.1, -0.05) is 12.1 Å². The normalized spacial score (nSPS) is 12.1. The zero-order chi connectivity index (χ0) is 34.4. The van der Waals surface area contributed by atoms with E-state index in [0.717, 1.165) is 11.3 Å². The fraction of sp³-hybridized carbons (Fsp3) is 0.257. The number of rotatable bonds is 13. The van der Waals surface area contributed by atoms with Crippen molar-refractivity contribution in [1.82, 2.24) is 19.7 Å². The maximum atomic E-state index is 16.4. The third kappa shape index (κ3) is 6.94. The van der Waals surface area contributed by atoms with Gasteiger partial charge in [-0.25, -0.2) is 9.37 Å². The molecule has 0 radical (unpaired) electrons. The number of benzene rings is 2. The van der Waals surface area contributed by atoms with Crippen molar-refractivity contribution in [3.63, 3.8) is 0 Å². The van der Waals surface area contributed by atoms with Crippen LogP contribution in [0.4, 0.5) is 4.39 Å². The van der Waals surface area contributed by atoms with E-state index in [1.165, 1.54) is 24.0 Å². The summed E-state index contributed by atoms with van der Waals surface area (Å²) in [5.41, 5.74) is 9.27. The molecule has 0 bridgehead atoms. The lowest BCUT2D eigenvalue weighted by Crippen LogP contribution is -2.25. The molecule has 0 saturated carbocycles. The van der Waals surface area contributed by atoms with Crippen LogP contribution in [0.25, 0.3) is 16.8 Å². The second-order valence-electron chi connectivity index (χ2n) is 10.7. The summed E-state index contributed by atoms with van der Waals surface area (Å²) in [5.74, 6) is 0.739. The highest BCUT2D eigenvalue weighted by Gasteiger charge is 2.28. The second-order valence-corrected chi connectivity index (χ2v) is 10.7. The van der Waals surface area contributed by atoms with Gasteiger partial charge in [0.25, 0.3) is 5.91 Å². The Morgan fingerprint density at radius 3 is 2.48 bits per heavy atom. The number of allylic oxidation sites excluding steroid dienone is 2. The molecule has 1 amide bonds. The van der Waals surface area contributed by atoms with Gasteiger partial charge in [0, 0.05) is 30.9 Å². The topological polar surface area (TPSA) is 148 Å². The number of aromatic nitrogens is 3. The number of methoxy groups -OCH3 is 3. The molecule has 0 spiro atoms. The van der Waals surface area contributed by atoms with E-state index < -0.39 is 11.7 Å². The van der Waals surface area contributed by atoms with Crippen LogP contribution in [-0.4, -0.2) is 53.9 Å². The van der Waals surface area contributed by atoms with Gasteiger partial charge < -0.3 is 38.8 Å². The van der Waals surface area contributed by atoms with Crippen LogP contribution in [0.1, 0.15) is 47.0 Å². The van der Waals surface area contributed by atoms with E-state index in [4.69, 9.17) is 29.1 Å². The number of fused-ring (bicyclic) bond motifs is 1. The van der Waals surface area contributed by atoms with Crippen molar-refractivity contribution >= 4 is 17.1 Å². The molecule has 0 aliphatic rings. The predicted octanol–water partition coefficient (Wildman–Crippen LogP) is 5.61. The first kappa shape index (κ1) is 33.5. The minimum absolute atomic E-state index is 0.0367. The molecule has 0 atom stereocenters. The highest BCUT2D eigenvalue weighted by atomic mass is 19.1. The van der Waals surface area contributed by atoms with E-state index >= 15 is 4.39 Å². The van der Waals surface area contributed by atoms with Crippen molar-refractivity contribution in [1.29, 1.82) is 0 Å². The summed E-state index contributed by atoms with van der Waals surface area (Å²) in [7, 11) is 4.67. The van der Waals surface area contributed by atoms with Crippen molar-refractivity contribution in [3.8, 4) is 28.5 Å². The molecule has 3 N–H and O–H groups in total. The van der Waals surface area contributed by atoms with Crippen LogP contribution in [0.3, 0.4) is 0 Å². The maximum absolute atomic E-state index is 16.4. The third-order valence-corrected chi connectivity index (χ3v) is 7.43. The molecule has 0 saturated heterocycles. The number of halogens is 1. The minimum Gasteiger partial charge on any atom is -0.497 e. The Kier molecular flexibility index (Phi) is 10.3. The lowest BCUT2D eigenvalue weighted by molar-refractivity contribution is 0.0940. The Balaban J connectivity index is 1.47. The van der Waals surface area contributed by atoms with E-state index in [-0.39, 0.29) is 47.5 Å². The van der Waals surface area contributed by atoms with Crippen molar-refractivity contribution in [3.05, 3.63) is 107 Å². The maximum Gasteiger partial charge on any atom is 0.271 e. The summed E-state index contributed by atoms with van der Waals surface area (Å²) >= 11 is 0. The van der Waals surface area contributed by atoms with Crippen molar-refractivity contribution in [2.75, 3.05) is 27.9 Å². The molecular weight excluding hydrogens is 619 g/mol. The van der Waals surface area contributed by atoms with E-state index in [1.807, 2.05) is 31.2 Å². The van der Waals surface area contributed by atoms with E-state index in [9.17, 15) is 4.79 Å². The Labute approximate surface area is 277 Å². The largest absolute Gasteiger partial charge is 0.497 e. The number of nitrogens with two attached hydrogens (primary N) is 1. The van der Waals surface area contributed by atoms with E-state index in [2.05, 4.69) is 20.3 Å². The van der Waals surface area contributed by atoms with Crippen LogP contribution in [0, 0.1) is 12.7 Å². The molecule has 5 aromatic rings. The fourth-order valence-electron chi connectivity index (χ4n) is 5.07. The smallest absolute Gasteiger partial charge is 0.271 e. The number of aliphatic imine (C=N–C) groups is 1. The number of hydrogen-bond acceptors (Lipinski definition) is 10. The molecular formula is C35H37FN6O6. The van der Waals surface area contributed by atoms with E-state index in [0.29, 0.717) is 40.5 Å². The number of oxazole rings is 1. The van der Waals surface area contributed by atoms with Crippen LogP contribution in [0.15, 0.2) is 82.0 Å². The molecule has 48 heavy (non-hydrogen) atoms. The van der Waals surface area contributed by atoms with Crippen molar-refractivity contribution in [2.24, 2.45) is 10.7 Å². The summed E-state index contributed by atoms with van der Waals surface area (Å²) in [4.78, 5) is 27.0. The highest BCUT2D eigenvalue weighted by molar-refractivity contribution is 6.09. The minimum atomic E-state index is -0.794. The molecule has 250 valence electrons. The van der Waals surface area contributed by atoms with Crippen LogP contribution >= 0.6 is 0 Å². The number of hydrogen-bond donors (Lipinski definition) is 2. The quantitative estimate of drug-likeness (QED) is 0.122. The number of ether oxygens (including phenoxy) is 4. The Morgan fingerprint density at radius 2 is 1.81 bits per heavy atom. The molecule has 0 aliphatic heterocycles. The van der Waals surface area contributed by atoms with Crippen LogP contribution in [0.2, 0.25) is 0 Å². The average molecular weight is 657 g/mol. The number of amides is 1. The first-order valence-electron chi connectivity index (χ1n) is 15.1. The number of aryl methyl sites for hydroxylation is 1. The zero-order valence-electron chi connectivity index (χ0n) is 27.6. The van der Waals surface area contributed by atoms with Crippen LogP contribution in [0.5, 0.6) is 17.2 Å². The molecule has 12 nitrogen and oxygen atoms in total. The molecule has 0 aliphatic carbocycles. The summed E-state index contributed by atoms with van der Waals surface area (Å²) in [6, 6.07) is 12.6. The lowest BCUT2D eigenvalue weighted by Gasteiger charge is -2.13. The van der Waals surface area contributed by atoms with Gasteiger partial charge in [-0.05, 0) is 50.6 Å². The standard InChI is InChI=1S/C35H37FN6O6/c1-7-38-31(33(21(3)37)47-18-22-8-11-24(44-4)12-9-22)35-41-26(19-48-35)29-27-16-39-20(2)17-42(27)32(30(29)36)34(43)40-15-23-10-13-25(45-5)14-28(23)46-6/h8-14,16-17,19H,7,15,18,37H2,1-6H3,(H,40,43)/b33-21+,38-31?. The Hall–Kier alpha value is -5.85. The average Bonchev–Trinajstić information content (AvgIpc) is 3.68. The monoisotopic (exact) mass is 656 g/mol. The SMILES string of the molecule is CCN=C(/C(OCc1ccc(OC)cc1)=C(/C)N)c1nc(-c2c(F)c(C(=O)NCc3ccc(OC)cc3OC)n3cc(C)ncc23)co1. The molecule has 0 fully saturated rings. The number of nitrogens with zero attached hydrogens (tertiary/aromatic N) is 4.